The Morgan fingerprint density at radius 2 is 1.13 bits per heavy atom. The van der Waals surface area contributed by atoms with Gasteiger partial charge in [-0.05, 0) is 90.1 Å². The van der Waals surface area contributed by atoms with E-state index in [0.717, 1.165) is 32.7 Å². The first-order chi connectivity index (χ1) is 18.4. The van der Waals surface area contributed by atoms with Crippen molar-refractivity contribution in [3.63, 3.8) is 0 Å². The number of benzene rings is 5. The molecule has 5 rings (SSSR count). The summed E-state index contributed by atoms with van der Waals surface area (Å²) in [4.78, 5) is 2.25. The average molecular weight is 597 g/mol. The summed E-state index contributed by atoms with van der Waals surface area (Å²) in [5, 5.41) is 3.09. The van der Waals surface area contributed by atoms with Crippen molar-refractivity contribution in [2.24, 2.45) is 0 Å². The Kier molecular flexibility index (Phi) is 7.39. The maximum atomic E-state index is 7.18. The third-order valence-electron chi connectivity index (χ3n) is 7.35. The van der Waals surface area contributed by atoms with Gasteiger partial charge in [-0.25, -0.2) is 0 Å². The minimum atomic E-state index is 0.0805. The largest absolute Gasteiger partial charge is 0.309 e. The standard InChI is InChI=1S/C36H35BrClN/c1-35(2,3)27-14-11-25(12-15-27)31-21-22-32(34(38)33(31)37)39(29-19-16-28(17-20-29)36(4,5)6)30-18-13-24-9-7-8-10-26(24)23-30/h7-23H,1-6H3. The molecule has 0 aromatic heterocycles. The molecule has 0 saturated heterocycles. The molecule has 0 atom stereocenters. The van der Waals surface area contributed by atoms with Gasteiger partial charge < -0.3 is 4.90 Å². The first-order valence-electron chi connectivity index (χ1n) is 13.4. The summed E-state index contributed by atoms with van der Waals surface area (Å²) in [7, 11) is 0. The van der Waals surface area contributed by atoms with Crippen molar-refractivity contribution in [1.29, 1.82) is 0 Å². The molecule has 5 aromatic rings. The van der Waals surface area contributed by atoms with Crippen LogP contribution >= 0.6 is 27.5 Å². The molecule has 39 heavy (non-hydrogen) atoms. The van der Waals surface area contributed by atoms with Crippen LogP contribution in [0.2, 0.25) is 5.02 Å². The van der Waals surface area contributed by atoms with Gasteiger partial charge >= 0.3 is 0 Å². The van der Waals surface area contributed by atoms with Gasteiger partial charge in [0.15, 0.2) is 0 Å². The third kappa shape index (κ3) is 5.64. The lowest BCUT2D eigenvalue weighted by Crippen LogP contribution is -2.13. The minimum absolute atomic E-state index is 0.0805. The maximum Gasteiger partial charge on any atom is 0.0794 e. The first kappa shape index (κ1) is 27.5. The zero-order chi connectivity index (χ0) is 27.9. The highest BCUT2D eigenvalue weighted by molar-refractivity contribution is 9.10. The lowest BCUT2D eigenvalue weighted by molar-refractivity contribution is 0.590. The summed E-state index contributed by atoms with van der Waals surface area (Å²) in [6, 6.07) is 36.9. The Morgan fingerprint density at radius 3 is 1.72 bits per heavy atom. The lowest BCUT2D eigenvalue weighted by atomic mass is 9.86. The van der Waals surface area contributed by atoms with E-state index in [4.69, 9.17) is 11.6 Å². The van der Waals surface area contributed by atoms with Crippen molar-refractivity contribution < 1.29 is 0 Å². The Balaban J connectivity index is 1.64. The molecule has 0 radical (unpaired) electrons. The highest BCUT2D eigenvalue weighted by Gasteiger charge is 2.21. The molecule has 5 aromatic carbocycles. The molecular weight excluding hydrogens is 562 g/mol. The third-order valence-corrected chi connectivity index (χ3v) is 8.78. The maximum absolute atomic E-state index is 7.18. The van der Waals surface area contributed by atoms with Gasteiger partial charge in [0.1, 0.15) is 0 Å². The highest BCUT2D eigenvalue weighted by atomic mass is 79.9. The van der Waals surface area contributed by atoms with E-state index in [2.05, 4.69) is 166 Å². The Morgan fingerprint density at radius 1 is 0.590 bits per heavy atom. The molecule has 3 heteroatoms. The van der Waals surface area contributed by atoms with Gasteiger partial charge in [-0.2, -0.15) is 0 Å². The van der Waals surface area contributed by atoms with Crippen LogP contribution in [0.4, 0.5) is 17.1 Å². The zero-order valence-electron chi connectivity index (χ0n) is 23.5. The number of hydrogen-bond acceptors (Lipinski definition) is 1. The predicted molar refractivity (Wildman–Crippen MR) is 174 cm³/mol. The SMILES string of the molecule is CC(C)(C)c1ccc(-c2ccc(N(c3ccc(C(C)(C)C)cc3)c3ccc4ccccc4c3)c(Cl)c2Br)cc1. The second kappa shape index (κ2) is 10.5. The molecule has 0 spiro atoms. The second-order valence-corrected chi connectivity index (χ2v) is 13.4. The number of fused-ring (bicyclic) bond motifs is 1. The molecule has 0 saturated carbocycles. The van der Waals surface area contributed by atoms with Crippen molar-refractivity contribution in [3.05, 3.63) is 124 Å². The van der Waals surface area contributed by atoms with Gasteiger partial charge in [0, 0.05) is 15.8 Å². The van der Waals surface area contributed by atoms with E-state index in [1.165, 1.54) is 21.9 Å². The average Bonchev–Trinajstić information content (AvgIpc) is 2.91. The van der Waals surface area contributed by atoms with Gasteiger partial charge in [0.25, 0.3) is 0 Å². The molecule has 0 N–H and O–H groups in total. The van der Waals surface area contributed by atoms with Crippen LogP contribution in [-0.2, 0) is 10.8 Å². The Labute approximate surface area is 246 Å². The van der Waals surface area contributed by atoms with Gasteiger partial charge in [-0.15, -0.1) is 0 Å². The lowest BCUT2D eigenvalue weighted by Gasteiger charge is -2.28. The van der Waals surface area contributed by atoms with E-state index in [1.807, 2.05) is 0 Å². The fourth-order valence-corrected chi connectivity index (χ4v) is 5.75. The number of hydrogen-bond donors (Lipinski definition) is 0. The Bertz CT molecular complexity index is 1620. The molecule has 0 heterocycles. The molecule has 0 unspecified atom stereocenters. The predicted octanol–water partition coefficient (Wildman–Crippen LogP) is 12.0. The highest BCUT2D eigenvalue weighted by Crippen LogP contribution is 2.46. The van der Waals surface area contributed by atoms with Crippen LogP contribution in [0, 0.1) is 0 Å². The van der Waals surface area contributed by atoms with Crippen LogP contribution in [0.3, 0.4) is 0 Å². The second-order valence-electron chi connectivity index (χ2n) is 12.3. The topological polar surface area (TPSA) is 3.24 Å². The van der Waals surface area contributed by atoms with Gasteiger partial charge in [-0.3, -0.25) is 0 Å². The first-order valence-corrected chi connectivity index (χ1v) is 14.6. The number of anilines is 3. The number of nitrogens with zero attached hydrogens (tertiary/aromatic N) is 1. The molecule has 0 bridgehead atoms. The van der Waals surface area contributed by atoms with Crippen molar-refractivity contribution in [2.45, 2.75) is 52.4 Å². The van der Waals surface area contributed by atoms with Gasteiger partial charge in [0.2, 0.25) is 0 Å². The molecule has 198 valence electrons. The molecule has 0 aliphatic carbocycles. The Hall–Kier alpha value is -3.07. The summed E-state index contributed by atoms with van der Waals surface area (Å²) in [5.41, 5.74) is 8.07. The number of halogens is 2. The van der Waals surface area contributed by atoms with E-state index in [9.17, 15) is 0 Å². The normalized spacial score (nSPS) is 12.1. The molecular formula is C36H35BrClN. The molecule has 1 nitrogen and oxygen atoms in total. The van der Waals surface area contributed by atoms with Gasteiger partial charge in [0.05, 0.1) is 10.7 Å². The van der Waals surface area contributed by atoms with Crippen molar-refractivity contribution >= 4 is 55.4 Å². The van der Waals surface area contributed by atoms with Crippen LogP contribution < -0.4 is 4.90 Å². The smallest absolute Gasteiger partial charge is 0.0794 e. The van der Waals surface area contributed by atoms with Gasteiger partial charge in [-0.1, -0.05) is 126 Å². The molecule has 0 amide bonds. The van der Waals surface area contributed by atoms with E-state index in [-0.39, 0.29) is 10.8 Å². The van der Waals surface area contributed by atoms with Crippen molar-refractivity contribution in [3.8, 4) is 11.1 Å². The summed E-state index contributed by atoms with van der Waals surface area (Å²) in [5.74, 6) is 0. The monoisotopic (exact) mass is 595 g/mol. The summed E-state index contributed by atoms with van der Waals surface area (Å²) in [6.07, 6.45) is 0. The molecule has 0 aliphatic rings. The summed E-state index contributed by atoms with van der Waals surface area (Å²) in [6.45, 7) is 13.4. The van der Waals surface area contributed by atoms with Crippen LogP contribution in [-0.4, -0.2) is 0 Å². The van der Waals surface area contributed by atoms with E-state index < -0.39 is 0 Å². The van der Waals surface area contributed by atoms with Crippen molar-refractivity contribution in [1.82, 2.24) is 0 Å². The van der Waals surface area contributed by atoms with Crippen LogP contribution in [0.1, 0.15) is 52.7 Å². The van der Waals surface area contributed by atoms with E-state index >= 15 is 0 Å². The fourth-order valence-electron chi connectivity index (χ4n) is 4.94. The van der Waals surface area contributed by atoms with Crippen LogP contribution in [0.25, 0.3) is 21.9 Å². The quantitative estimate of drug-likeness (QED) is 0.199. The molecule has 0 fully saturated rings. The minimum Gasteiger partial charge on any atom is -0.309 e. The van der Waals surface area contributed by atoms with E-state index in [0.29, 0.717) is 5.02 Å². The zero-order valence-corrected chi connectivity index (χ0v) is 25.9. The summed E-state index contributed by atoms with van der Waals surface area (Å²) >= 11 is 11.0. The fraction of sp³-hybridized carbons (Fsp3) is 0.222. The van der Waals surface area contributed by atoms with E-state index in [1.54, 1.807) is 0 Å². The number of rotatable bonds is 4. The van der Waals surface area contributed by atoms with Crippen molar-refractivity contribution in [2.75, 3.05) is 4.90 Å². The molecule has 0 aliphatic heterocycles. The van der Waals surface area contributed by atoms with Crippen LogP contribution in [0.5, 0.6) is 0 Å². The summed E-state index contributed by atoms with van der Waals surface area (Å²) < 4.78 is 0.891. The van der Waals surface area contributed by atoms with Crippen LogP contribution in [0.15, 0.2) is 108 Å².